The molecule has 0 aromatic heterocycles. The molecule has 1 aliphatic heterocycles. The highest BCUT2D eigenvalue weighted by molar-refractivity contribution is 4.80. The molecule has 3 nitrogen and oxygen atoms in total. The molecule has 0 amide bonds. The summed E-state index contributed by atoms with van der Waals surface area (Å²) in [5.41, 5.74) is 0. The Kier molecular flexibility index (Phi) is 4.58. The average molecular weight is 173 g/mol. The Hall–Kier alpha value is -0.120. The molecular formula is C9H19NO2. The van der Waals surface area contributed by atoms with Crippen molar-refractivity contribution in [2.75, 3.05) is 13.2 Å². The largest absolute Gasteiger partial charge is 0.396 e. The van der Waals surface area contributed by atoms with E-state index in [1.807, 2.05) is 0 Å². The summed E-state index contributed by atoms with van der Waals surface area (Å²) in [6.07, 6.45) is 4.68. The van der Waals surface area contributed by atoms with Gasteiger partial charge in [-0.25, -0.2) is 0 Å². The molecule has 72 valence electrons. The number of hydrogen-bond acceptors (Lipinski definition) is 3. The van der Waals surface area contributed by atoms with Crippen molar-refractivity contribution >= 4 is 0 Å². The summed E-state index contributed by atoms with van der Waals surface area (Å²) in [6, 6.07) is 0.269. The minimum atomic E-state index is -0.169. The van der Waals surface area contributed by atoms with E-state index in [0.29, 0.717) is 0 Å². The van der Waals surface area contributed by atoms with Gasteiger partial charge in [0.25, 0.3) is 0 Å². The molecular weight excluding hydrogens is 154 g/mol. The molecule has 0 aliphatic carbocycles. The summed E-state index contributed by atoms with van der Waals surface area (Å²) in [6.45, 7) is 1.30. The summed E-state index contributed by atoms with van der Waals surface area (Å²) in [5.74, 6) is 0. The molecule has 0 spiro atoms. The Morgan fingerprint density at radius 1 is 1.33 bits per heavy atom. The number of aliphatic hydroxyl groups excluding tert-OH is 2. The number of rotatable bonds is 4. The van der Waals surface area contributed by atoms with E-state index in [1.54, 1.807) is 0 Å². The quantitative estimate of drug-likeness (QED) is 0.535. The summed E-state index contributed by atoms with van der Waals surface area (Å²) >= 11 is 0. The van der Waals surface area contributed by atoms with Crippen LogP contribution in [0.4, 0.5) is 0 Å². The smallest absolute Gasteiger partial charge is 0.0693 e. The second kappa shape index (κ2) is 5.51. The van der Waals surface area contributed by atoms with Crippen LogP contribution in [0.3, 0.4) is 0 Å². The van der Waals surface area contributed by atoms with Gasteiger partial charge in [0, 0.05) is 12.6 Å². The molecule has 1 rings (SSSR count). The Balaban J connectivity index is 2.11. The van der Waals surface area contributed by atoms with Gasteiger partial charge in [-0.2, -0.15) is 0 Å². The molecule has 0 radical (unpaired) electrons. The number of unbranched alkanes of at least 4 members (excludes halogenated alkanes) is 1. The maximum absolute atomic E-state index is 9.54. The molecule has 12 heavy (non-hydrogen) atoms. The van der Waals surface area contributed by atoms with Crippen LogP contribution < -0.4 is 5.32 Å². The normalized spacial score (nSPS) is 30.5. The number of piperidine rings is 1. The fraction of sp³-hybridized carbons (Fsp3) is 1.00. The number of hydrogen-bond donors (Lipinski definition) is 3. The van der Waals surface area contributed by atoms with Crippen molar-refractivity contribution in [1.29, 1.82) is 0 Å². The molecule has 1 fully saturated rings. The van der Waals surface area contributed by atoms with Crippen LogP contribution in [-0.2, 0) is 0 Å². The van der Waals surface area contributed by atoms with Crippen LogP contribution in [0.2, 0.25) is 0 Å². The summed E-state index contributed by atoms with van der Waals surface area (Å²) in [7, 11) is 0. The molecule has 0 aromatic carbocycles. The van der Waals surface area contributed by atoms with Gasteiger partial charge in [-0.1, -0.05) is 0 Å². The van der Waals surface area contributed by atoms with Crippen molar-refractivity contribution in [3.05, 3.63) is 0 Å². The monoisotopic (exact) mass is 173 g/mol. The lowest BCUT2D eigenvalue weighted by Gasteiger charge is -2.28. The highest BCUT2D eigenvalue weighted by Crippen LogP contribution is 2.13. The zero-order chi connectivity index (χ0) is 8.81. The molecule has 2 atom stereocenters. The van der Waals surface area contributed by atoms with Gasteiger partial charge in [-0.15, -0.1) is 0 Å². The molecule has 1 aliphatic rings. The number of nitrogens with one attached hydrogen (secondary N) is 1. The predicted octanol–water partition coefficient (Wildman–Crippen LogP) is 0.262. The van der Waals surface area contributed by atoms with Gasteiger partial charge in [-0.05, 0) is 38.6 Å². The molecule has 3 heteroatoms. The van der Waals surface area contributed by atoms with Crippen LogP contribution in [-0.4, -0.2) is 35.5 Å². The van der Waals surface area contributed by atoms with Crippen LogP contribution in [0, 0.1) is 0 Å². The fourth-order valence-corrected chi connectivity index (χ4v) is 1.71. The van der Waals surface area contributed by atoms with Crippen molar-refractivity contribution in [3.63, 3.8) is 0 Å². The summed E-state index contributed by atoms with van der Waals surface area (Å²) < 4.78 is 0. The number of aliphatic hydroxyl groups is 2. The van der Waals surface area contributed by atoms with Crippen molar-refractivity contribution in [1.82, 2.24) is 5.32 Å². The minimum Gasteiger partial charge on any atom is -0.396 e. The van der Waals surface area contributed by atoms with E-state index in [0.717, 1.165) is 38.6 Å². The Labute approximate surface area is 73.8 Å². The zero-order valence-corrected chi connectivity index (χ0v) is 7.50. The van der Waals surface area contributed by atoms with E-state index in [2.05, 4.69) is 5.32 Å². The van der Waals surface area contributed by atoms with Gasteiger partial charge < -0.3 is 15.5 Å². The zero-order valence-electron chi connectivity index (χ0n) is 7.50. The summed E-state index contributed by atoms with van der Waals surface area (Å²) in [4.78, 5) is 0. The highest BCUT2D eigenvalue weighted by Gasteiger charge is 2.21. The second-order valence-corrected chi connectivity index (χ2v) is 3.49. The third kappa shape index (κ3) is 3.09. The lowest BCUT2D eigenvalue weighted by Crippen LogP contribution is -2.44. The molecule has 3 N–H and O–H groups in total. The Morgan fingerprint density at radius 3 is 2.83 bits per heavy atom. The van der Waals surface area contributed by atoms with Gasteiger partial charge in [0.05, 0.1) is 6.10 Å². The second-order valence-electron chi connectivity index (χ2n) is 3.49. The average Bonchev–Trinajstić information content (AvgIpc) is 2.09. The van der Waals surface area contributed by atoms with Crippen LogP contribution in [0.15, 0.2) is 0 Å². The standard InChI is InChI=1S/C9H19NO2/c11-7-2-1-4-8-9(12)5-3-6-10-8/h8-12H,1-7H2. The van der Waals surface area contributed by atoms with Gasteiger partial charge >= 0.3 is 0 Å². The van der Waals surface area contributed by atoms with E-state index in [1.165, 1.54) is 0 Å². The fourth-order valence-electron chi connectivity index (χ4n) is 1.71. The third-order valence-corrected chi connectivity index (χ3v) is 2.47. The summed E-state index contributed by atoms with van der Waals surface area (Å²) in [5, 5.41) is 21.4. The van der Waals surface area contributed by atoms with Gasteiger partial charge in [0.15, 0.2) is 0 Å². The lowest BCUT2D eigenvalue weighted by molar-refractivity contribution is 0.0903. The van der Waals surface area contributed by atoms with E-state index in [-0.39, 0.29) is 18.8 Å². The SMILES string of the molecule is OCCCCC1NCCCC1O. The van der Waals surface area contributed by atoms with Gasteiger partial charge in [0.1, 0.15) is 0 Å². The molecule has 1 saturated heterocycles. The van der Waals surface area contributed by atoms with Crippen LogP contribution in [0.1, 0.15) is 32.1 Å². The van der Waals surface area contributed by atoms with Crippen molar-refractivity contribution in [3.8, 4) is 0 Å². The minimum absolute atomic E-state index is 0.169. The Bertz CT molecular complexity index is 119. The van der Waals surface area contributed by atoms with Crippen LogP contribution >= 0.6 is 0 Å². The molecule has 0 saturated carbocycles. The molecule has 0 aromatic rings. The molecule has 2 unspecified atom stereocenters. The van der Waals surface area contributed by atoms with E-state index < -0.39 is 0 Å². The predicted molar refractivity (Wildman–Crippen MR) is 48.0 cm³/mol. The van der Waals surface area contributed by atoms with Crippen molar-refractivity contribution < 1.29 is 10.2 Å². The van der Waals surface area contributed by atoms with E-state index >= 15 is 0 Å². The topological polar surface area (TPSA) is 52.5 Å². The Morgan fingerprint density at radius 2 is 2.17 bits per heavy atom. The van der Waals surface area contributed by atoms with E-state index in [4.69, 9.17) is 5.11 Å². The van der Waals surface area contributed by atoms with Gasteiger partial charge in [0.2, 0.25) is 0 Å². The van der Waals surface area contributed by atoms with E-state index in [9.17, 15) is 5.11 Å². The molecule has 1 heterocycles. The lowest BCUT2D eigenvalue weighted by atomic mass is 9.97. The van der Waals surface area contributed by atoms with Crippen molar-refractivity contribution in [2.45, 2.75) is 44.2 Å². The maximum Gasteiger partial charge on any atom is 0.0693 e. The highest BCUT2D eigenvalue weighted by atomic mass is 16.3. The third-order valence-electron chi connectivity index (χ3n) is 2.47. The first-order chi connectivity index (χ1) is 5.84. The first-order valence-corrected chi connectivity index (χ1v) is 4.87. The molecule has 0 bridgehead atoms. The first kappa shape index (κ1) is 9.96. The van der Waals surface area contributed by atoms with Crippen LogP contribution in [0.5, 0.6) is 0 Å². The first-order valence-electron chi connectivity index (χ1n) is 4.87. The maximum atomic E-state index is 9.54. The van der Waals surface area contributed by atoms with Crippen molar-refractivity contribution in [2.24, 2.45) is 0 Å². The van der Waals surface area contributed by atoms with Gasteiger partial charge in [-0.3, -0.25) is 0 Å². The van der Waals surface area contributed by atoms with Crippen LogP contribution in [0.25, 0.3) is 0 Å².